The average Bonchev–Trinajstić information content (AvgIpc) is 2.54. The Morgan fingerprint density at radius 1 is 1.00 bits per heavy atom. The van der Waals surface area contributed by atoms with Crippen LogP contribution in [-0.4, -0.2) is 30.7 Å². The third-order valence-electron chi connectivity index (χ3n) is 3.35. The maximum atomic E-state index is 5.44. The molecule has 4 heteroatoms. The summed E-state index contributed by atoms with van der Waals surface area (Å²) in [4.78, 5) is 2.16. The summed E-state index contributed by atoms with van der Waals surface area (Å²) in [7, 11) is 4.14. The maximum absolute atomic E-state index is 5.44. The van der Waals surface area contributed by atoms with E-state index >= 15 is 0 Å². The summed E-state index contributed by atoms with van der Waals surface area (Å²) in [5.74, 6) is 0. The quantitative estimate of drug-likeness (QED) is 0.802. The number of nitrogens with one attached hydrogen (secondary N) is 2. The van der Waals surface area contributed by atoms with Gasteiger partial charge in [-0.3, -0.25) is 0 Å². The molecule has 0 heterocycles. The molecule has 0 amide bonds. The summed E-state index contributed by atoms with van der Waals surface area (Å²) in [6, 6.07) is 20.8. The number of benzene rings is 2. The maximum Gasteiger partial charge on any atom is 0.167 e. The lowest BCUT2D eigenvalue weighted by atomic mass is 10.1. The molecule has 0 saturated carbocycles. The van der Waals surface area contributed by atoms with Gasteiger partial charge >= 0.3 is 0 Å². The summed E-state index contributed by atoms with van der Waals surface area (Å²) < 4.78 is 0. The van der Waals surface area contributed by atoms with Gasteiger partial charge in [-0.15, -0.1) is 0 Å². The smallest absolute Gasteiger partial charge is 0.167 e. The lowest BCUT2D eigenvalue weighted by Gasteiger charge is -2.24. The standard InChI is InChI=1S/C18H23N3S/c1-21(2)14-17(16-11-7-4-8-12-16)20-18(22)19-13-15-9-5-3-6-10-15/h3-12,17H,13-14H2,1-2H3,(H2,19,20,22)/t17-/m1/s1. The molecule has 3 nitrogen and oxygen atoms in total. The molecule has 22 heavy (non-hydrogen) atoms. The Labute approximate surface area is 138 Å². The predicted molar refractivity (Wildman–Crippen MR) is 96.8 cm³/mol. The average molecular weight is 313 g/mol. The molecule has 0 unspecified atom stereocenters. The Morgan fingerprint density at radius 3 is 2.18 bits per heavy atom. The van der Waals surface area contributed by atoms with Crippen molar-refractivity contribution in [1.82, 2.24) is 15.5 Å². The van der Waals surface area contributed by atoms with Gasteiger partial charge in [0, 0.05) is 13.1 Å². The zero-order valence-electron chi connectivity index (χ0n) is 13.1. The molecule has 2 N–H and O–H groups in total. The van der Waals surface area contributed by atoms with Crippen LogP contribution in [0.3, 0.4) is 0 Å². The number of nitrogens with zero attached hydrogens (tertiary/aromatic N) is 1. The van der Waals surface area contributed by atoms with Crippen molar-refractivity contribution < 1.29 is 0 Å². The molecular formula is C18H23N3S. The van der Waals surface area contributed by atoms with Crippen LogP contribution in [0.4, 0.5) is 0 Å². The van der Waals surface area contributed by atoms with Crippen molar-refractivity contribution in [3.63, 3.8) is 0 Å². The number of thiocarbonyl (C=S) groups is 1. The largest absolute Gasteiger partial charge is 0.359 e. The van der Waals surface area contributed by atoms with Gasteiger partial charge in [0.05, 0.1) is 6.04 Å². The first kappa shape index (κ1) is 16.5. The molecular weight excluding hydrogens is 290 g/mol. The Balaban J connectivity index is 1.93. The lowest BCUT2D eigenvalue weighted by Crippen LogP contribution is -2.40. The first-order chi connectivity index (χ1) is 10.6. The molecule has 0 fully saturated rings. The Bertz CT molecular complexity index is 569. The van der Waals surface area contributed by atoms with Crippen LogP contribution in [0, 0.1) is 0 Å². The van der Waals surface area contributed by atoms with Crippen molar-refractivity contribution in [2.45, 2.75) is 12.6 Å². The van der Waals surface area contributed by atoms with Crippen LogP contribution in [0.2, 0.25) is 0 Å². The van der Waals surface area contributed by atoms with Crippen LogP contribution in [0.15, 0.2) is 60.7 Å². The monoisotopic (exact) mass is 313 g/mol. The molecule has 0 aliphatic heterocycles. The van der Waals surface area contributed by atoms with E-state index < -0.39 is 0 Å². The molecule has 116 valence electrons. The van der Waals surface area contributed by atoms with Crippen molar-refractivity contribution >= 4 is 17.3 Å². The van der Waals surface area contributed by atoms with E-state index in [1.54, 1.807) is 0 Å². The van der Waals surface area contributed by atoms with Gasteiger partial charge in [-0.1, -0.05) is 60.7 Å². The third kappa shape index (κ3) is 5.47. The fourth-order valence-corrected chi connectivity index (χ4v) is 2.49. The molecule has 0 aliphatic carbocycles. The SMILES string of the molecule is CN(C)C[C@@H](NC(=S)NCc1ccccc1)c1ccccc1. The number of hydrogen-bond donors (Lipinski definition) is 2. The number of likely N-dealkylation sites (N-methyl/N-ethyl adjacent to an activating group) is 1. The van der Waals surface area contributed by atoms with E-state index in [0.717, 1.165) is 13.1 Å². The predicted octanol–water partition coefficient (Wildman–Crippen LogP) is 2.95. The normalized spacial score (nSPS) is 12.0. The van der Waals surface area contributed by atoms with Gasteiger partial charge in [0.2, 0.25) is 0 Å². The molecule has 0 bridgehead atoms. The van der Waals surface area contributed by atoms with Crippen molar-refractivity contribution in [2.75, 3.05) is 20.6 Å². The van der Waals surface area contributed by atoms with E-state index in [-0.39, 0.29) is 6.04 Å². The highest BCUT2D eigenvalue weighted by Crippen LogP contribution is 2.13. The topological polar surface area (TPSA) is 27.3 Å². The zero-order valence-corrected chi connectivity index (χ0v) is 13.9. The van der Waals surface area contributed by atoms with Crippen LogP contribution in [0.5, 0.6) is 0 Å². The highest BCUT2D eigenvalue weighted by Gasteiger charge is 2.13. The van der Waals surface area contributed by atoms with Crippen LogP contribution >= 0.6 is 12.2 Å². The van der Waals surface area contributed by atoms with Crippen molar-refractivity contribution in [1.29, 1.82) is 0 Å². The lowest BCUT2D eigenvalue weighted by molar-refractivity contribution is 0.362. The molecule has 2 aromatic rings. The number of hydrogen-bond acceptors (Lipinski definition) is 2. The van der Waals surface area contributed by atoms with E-state index in [9.17, 15) is 0 Å². The van der Waals surface area contributed by atoms with Gasteiger partial charge in [0.15, 0.2) is 5.11 Å². The fraction of sp³-hybridized carbons (Fsp3) is 0.278. The minimum absolute atomic E-state index is 0.173. The van der Waals surface area contributed by atoms with E-state index in [1.807, 2.05) is 24.3 Å². The molecule has 0 radical (unpaired) electrons. The summed E-state index contributed by atoms with van der Waals surface area (Å²) >= 11 is 5.44. The third-order valence-corrected chi connectivity index (χ3v) is 3.61. The molecule has 2 aromatic carbocycles. The molecule has 1 atom stereocenters. The van der Waals surface area contributed by atoms with E-state index in [1.165, 1.54) is 11.1 Å². The Kier molecular flexibility index (Phi) is 6.37. The summed E-state index contributed by atoms with van der Waals surface area (Å²) in [6.07, 6.45) is 0. The molecule has 0 spiro atoms. The Hall–Kier alpha value is -1.91. The van der Waals surface area contributed by atoms with Crippen molar-refractivity contribution in [2.24, 2.45) is 0 Å². The summed E-state index contributed by atoms with van der Waals surface area (Å²) in [5.41, 5.74) is 2.45. The van der Waals surface area contributed by atoms with Crippen molar-refractivity contribution in [3.8, 4) is 0 Å². The first-order valence-electron chi connectivity index (χ1n) is 7.43. The van der Waals surface area contributed by atoms with E-state index in [4.69, 9.17) is 12.2 Å². The second kappa shape index (κ2) is 8.51. The minimum Gasteiger partial charge on any atom is -0.359 e. The molecule has 2 rings (SSSR count). The van der Waals surface area contributed by atoms with Crippen LogP contribution in [-0.2, 0) is 6.54 Å². The second-order valence-electron chi connectivity index (χ2n) is 5.54. The summed E-state index contributed by atoms with van der Waals surface area (Å²) in [6.45, 7) is 1.62. The van der Waals surface area contributed by atoms with Gasteiger partial charge in [0.1, 0.15) is 0 Å². The fourth-order valence-electron chi connectivity index (χ4n) is 2.27. The second-order valence-corrected chi connectivity index (χ2v) is 5.95. The Morgan fingerprint density at radius 2 is 1.59 bits per heavy atom. The summed E-state index contributed by atoms with van der Waals surface area (Å²) in [5, 5.41) is 7.37. The van der Waals surface area contributed by atoms with Crippen LogP contribution in [0.1, 0.15) is 17.2 Å². The van der Waals surface area contributed by atoms with Gasteiger partial charge in [0.25, 0.3) is 0 Å². The molecule has 0 aromatic heterocycles. The number of rotatable bonds is 6. The first-order valence-corrected chi connectivity index (χ1v) is 7.84. The van der Waals surface area contributed by atoms with E-state index in [0.29, 0.717) is 5.11 Å². The molecule has 0 aliphatic rings. The van der Waals surface area contributed by atoms with Crippen molar-refractivity contribution in [3.05, 3.63) is 71.8 Å². The molecule has 0 saturated heterocycles. The van der Waals surface area contributed by atoms with Crippen LogP contribution in [0.25, 0.3) is 0 Å². The van der Waals surface area contributed by atoms with Gasteiger partial charge in [-0.05, 0) is 37.4 Å². The minimum atomic E-state index is 0.173. The highest BCUT2D eigenvalue weighted by molar-refractivity contribution is 7.80. The van der Waals surface area contributed by atoms with Crippen LogP contribution < -0.4 is 10.6 Å². The zero-order chi connectivity index (χ0) is 15.8. The van der Waals surface area contributed by atoms with Gasteiger partial charge in [-0.25, -0.2) is 0 Å². The van der Waals surface area contributed by atoms with Gasteiger partial charge in [-0.2, -0.15) is 0 Å². The van der Waals surface area contributed by atoms with Gasteiger partial charge < -0.3 is 15.5 Å². The van der Waals surface area contributed by atoms with E-state index in [2.05, 4.69) is 66.0 Å². The highest BCUT2D eigenvalue weighted by atomic mass is 32.1.